The van der Waals surface area contributed by atoms with Crippen molar-refractivity contribution < 1.29 is 14.2 Å². The minimum absolute atomic E-state index is 0.382. The Kier molecular flexibility index (Phi) is 4.81. The van der Waals surface area contributed by atoms with Gasteiger partial charge in [0.1, 0.15) is 11.6 Å². The number of rotatable bonds is 6. The molecule has 0 unspecified atom stereocenters. The van der Waals surface area contributed by atoms with E-state index < -0.39 is 0 Å². The van der Waals surface area contributed by atoms with Crippen LogP contribution in [0, 0.1) is 6.92 Å². The summed E-state index contributed by atoms with van der Waals surface area (Å²) in [6.45, 7) is 2.75. The van der Waals surface area contributed by atoms with E-state index in [4.69, 9.17) is 19.9 Å². The van der Waals surface area contributed by atoms with Gasteiger partial charge < -0.3 is 19.9 Å². The van der Waals surface area contributed by atoms with E-state index in [1.807, 2.05) is 24.4 Å². The lowest BCUT2D eigenvalue weighted by atomic mass is 10.2. The van der Waals surface area contributed by atoms with Gasteiger partial charge in [0.15, 0.2) is 11.5 Å². The molecular formula is C14H18N2O3S. The maximum atomic E-state index is 5.81. The maximum absolute atomic E-state index is 5.81. The Bertz CT molecular complexity index is 559. The van der Waals surface area contributed by atoms with Crippen molar-refractivity contribution in [3.8, 4) is 17.2 Å². The van der Waals surface area contributed by atoms with E-state index in [0.29, 0.717) is 30.4 Å². The molecular weight excluding hydrogens is 276 g/mol. The Hall–Kier alpha value is -1.79. The van der Waals surface area contributed by atoms with Crippen molar-refractivity contribution in [2.45, 2.75) is 20.1 Å². The first-order valence-electron chi connectivity index (χ1n) is 6.16. The third-order valence-corrected chi connectivity index (χ3v) is 3.70. The van der Waals surface area contributed by atoms with E-state index in [0.717, 1.165) is 16.3 Å². The van der Waals surface area contributed by atoms with Crippen LogP contribution in [-0.2, 0) is 13.2 Å². The number of thiazole rings is 1. The van der Waals surface area contributed by atoms with E-state index >= 15 is 0 Å². The molecule has 20 heavy (non-hydrogen) atoms. The molecule has 0 aliphatic rings. The van der Waals surface area contributed by atoms with Crippen molar-refractivity contribution in [3.63, 3.8) is 0 Å². The first-order valence-corrected chi connectivity index (χ1v) is 7.04. The number of aryl methyl sites for hydroxylation is 1. The molecule has 0 saturated carbocycles. The Morgan fingerprint density at radius 2 is 1.85 bits per heavy atom. The first kappa shape index (κ1) is 14.6. The fourth-order valence-electron chi connectivity index (χ4n) is 1.80. The molecule has 0 saturated heterocycles. The highest BCUT2D eigenvalue weighted by atomic mass is 32.1. The molecule has 0 spiro atoms. The van der Waals surface area contributed by atoms with Gasteiger partial charge in [-0.05, 0) is 24.6 Å². The predicted molar refractivity (Wildman–Crippen MR) is 78.6 cm³/mol. The minimum atomic E-state index is 0.382. The molecule has 0 aliphatic heterocycles. The molecule has 0 radical (unpaired) electrons. The van der Waals surface area contributed by atoms with Gasteiger partial charge in [0, 0.05) is 17.6 Å². The molecule has 0 atom stereocenters. The van der Waals surface area contributed by atoms with Crippen molar-refractivity contribution in [1.82, 2.24) is 4.98 Å². The van der Waals surface area contributed by atoms with E-state index in [9.17, 15) is 0 Å². The van der Waals surface area contributed by atoms with Gasteiger partial charge in [0.25, 0.3) is 0 Å². The third-order valence-electron chi connectivity index (χ3n) is 2.76. The van der Waals surface area contributed by atoms with Gasteiger partial charge in [-0.25, -0.2) is 4.98 Å². The highest BCUT2D eigenvalue weighted by Gasteiger charge is 2.14. The van der Waals surface area contributed by atoms with E-state index in [2.05, 4.69) is 4.98 Å². The van der Waals surface area contributed by atoms with Gasteiger partial charge in [0.05, 0.1) is 14.2 Å². The fraction of sp³-hybridized carbons (Fsp3) is 0.357. The summed E-state index contributed by atoms with van der Waals surface area (Å²) in [6, 6.07) is 3.70. The molecule has 108 valence electrons. The van der Waals surface area contributed by atoms with Crippen molar-refractivity contribution in [3.05, 3.63) is 33.8 Å². The summed E-state index contributed by atoms with van der Waals surface area (Å²) >= 11 is 1.57. The number of nitrogens with two attached hydrogens (primary N) is 1. The average Bonchev–Trinajstić information content (AvgIpc) is 2.89. The molecule has 2 N–H and O–H groups in total. The molecule has 5 nitrogen and oxygen atoms in total. The monoisotopic (exact) mass is 294 g/mol. The molecule has 0 fully saturated rings. The first-order chi connectivity index (χ1) is 9.67. The molecule has 1 aromatic heterocycles. The lowest BCUT2D eigenvalue weighted by Gasteiger charge is -2.15. The molecule has 0 aliphatic carbocycles. The number of hydrogen-bond acceptors (Lipinski definition) is 6. The second-order valence-electron chi connectivity index (χ2n) is 4.20. The van der Waals surface area contributed by atoms with Crippen LogP contribution in [0.3, 0.4) is 0 Å². The molecule has 0 bridgehead atoms. The zero-order valence-corrected chi connectivity index (χ0v) is 12.6. The molecule has 2 aromatic rings. The summed E-state index contributed by atoms with van der Waals surface area (Å²) in [6.07, 6.45) is 0. The second-order valence-corrected chi connectivity index (χ2v) is 5.15. The van der Waals surface area contributed by atoms with Gasteiger partial charge in [-0.15, -0.1) is 11.3 Å². The van der Waals surface area contributed by atoms with Crippen LogP contribution < -0.4 is 19.9 Å². The van der Waals surface area contributed by atoms with Gasteiger partial charge in [-0.2, -0.15) is 0 Å². The van der Waals surface area contributed by atoms with Crippen LogP contribution >= 0.6 is 11.3 Å². The largest absolute Gasteiger partial charge is 0.493 e. The van der Waals surface area contributed by atoms with Gasteiger partial charge >= 0.3 is 0 Å². The lowest BCUT2D eigenvalue weighted by molar-refractivity contribution is 0.265. The summed E-state index contributed by atoms with van der Waals surface area (Å²) in [5.41, 5.74) is 7.57. The van der Waals surface area contributed by atoms with E-state index in [1.54, 1.807) is 25.6 Å². The van der Waals surface area contributed by atoms with E-state index in [-0.39, 0.29) is 0 Å². The third kappa shape index (κ3) is 3.20. The number of nitrogens with zero attached hydrogens (tertiary/aromatic N) is 1. The predicted octanol–water partition coefficient (Wildman–Crippen LogP) is 2.51. The van der Waals surface area contributed by atoms with Gasteiger partial charge in [0.2, 0.25) is 5.75 Å². The SMILES string of the molecule is COc1cc(CN)cc(OC)c1OCc1nc(C)cs1. The zero-order valence-electron chi connectivity index (χ0n) is 11.8. The second kappa shape index (κ2) is 6.58. The smallest absolute Gasteiger partial charge is 0.203 e. The number of hydrogen-bond donors (Lipinski definition) is 1. The van der Waals surface area contributed by atoms with Crippen LogP contribution in [0.25, 0.3) is 0 Å². The zero-order chi connectivity index (χ0) is 14.5. The number of benzene rings is 1. The Morgan fingerprint density at radius 3 is 2.30 bits per heavy atom. The highest BCUT2D eigenvalue weighted by Crippen LogP contribution is 2.39. The molecule has 1 aromatic carbocycles. The highest BCUT2D eigenvalue weighted by molar-refractivity contribution is 7.09. The molecule has 0 amide bonds. The summed E-state index contributed by atoms with van der Waals surface area (Å²) in [7, 11) is 3.19. The van der Waals surface area contributed by atoms with Crippen molar-refractivity contribution in [2.75, 3.05) is 14.2 Å². The van der Waals surface area contributed by atoms with Crippen molar-refractivity contribution >= 4 is 11.3 Å². The maximum Gasteiger partial charge on any atom is 0.203 e. The number of aromatic nitrogens is 1. The minimum Gasteiger partial charge on any atom is -0.493 e. The summed E-state index contributed by atoms with van der Waals surface area (Å²) in [5.74, 6) is 1.79. The van der Waals surface area contributed by atoms with Gasteiger partial charge in [-0.1, -0.05) is 0 Å². The van der Waals surface area contributed by atoms with Gasteiger partial charge in [-0.3, -0.25) is 0 Å². The topological polar surface area (TPSA) is 66.6 Å². The Labute approximate surface area is 122 Å². The van der Waals surface area contributed by atoms with Crippen LogP contribution in [0.15, 0.2) is 17.5 Å². The van der Waals surface area contributed by atoms with Crippen molar-refractivity contribution in [1.29, 1.82) is 0 Å². The molecule has 1 heterocycles. The average molecular weight is 294 g/mol. The standard InChI is InChI=1S/C14H18N2O3S/c1-9-8-20-13(16-9)7-19-14-11(17-2)4-10(6-15)5-12(14)18-3/h4-5,8H,6-7,15H2,1-3H3. The Morgan fingerprint density at radius 1 is 1.20 bits per heavy atom. The fourth-order valence-corrected chi connectivity index (χ4v) is 2.48. The van der Waals surface area contributed by atoms with Crippen LogP contribution in [0.5, 0.6) is 17.2 Å². The van der Waals surface area contributed by atoms with Crippen molar-refractivity contribution in [2.24, 2.45) is 5.73 Å². The summed E-state index contributed by atoms with van der Waals surface area (Å²) < 4.78 is 16.5. The quantitative estimate of drug-likeness (QED) is 0.886. The van der Waals surface area contributed by atoms with E-state index in [1.165, 1.54) is 0 Å². The number of ether oxygens (including phenoxy) is 3. The summed E-state index contributed by atoms with van der Waals surface area (Å²) in [5, 5.41) is 2.90. The number of methoxy groups -OCH3 is 2. The van der Waals surface area contributed by atoms with Crippen LogP contribution in [0.2, 0.25) is 0 Å². The molecule has 2 rings (SSSR count). The normalized spacial score (nSPS) is 10.4. The van der Waals surface area contributed by atoms with Crippen LogP contribution in [0.4, 0.5) is 0 Å². The lowest BCUT2D eigenvalue weighted by Crippen LogP contribution is -2.03. The van der Waals surface area contributed by atoms with Crippen LogP contribution in [-0.4, -0.2) is 19.2 Å². The summed E-state index contributed by atoms with van der Waals surface area (Å²) in [4.78, 5) is 4.36. The molecule has 6 heteroatoms. The van der Waals surface area contributed by atoms with Crippen LogP contribution in [0.1, 0.15) is 16.3 Å². The Balaban J connectivity index is 2.24.